The quantitative estimate of drug-likeness (QED) is 0.500. The van der Waals surface area contributed by atoms with Crippen LogP contribution in [0.4, 0.5) is 0 Å². The summed E-state index contributed by atoms with van der Waals surface area (Å²) >= 11 is 0. The molecule has 0 saturated heterocycles. The number of pyridine rings is 1. The van der Waals surface area contributed by atoms with Crippen LogP contribution in [0.5, 0.6) is 0 Å². The Balaban J connectivity index is 0.00000128. The number of benzene rings is 1. The van der Waals surface area contributed by atoms with Crippen molar-refractivity contribution in [2.45, 2.75) is 6.54 Å². The smallest absolute Gasteiger partial charge is 0.186 e. The lowest BCUT2D eigenvalue weighted by atomic mass is 10.1. The summed E-state index contributed by atoms with van der Waals surface area (Å²) in [4.78, 5) is 8.25. The average molecular weight is 328 g/mol. The summed E-state index contributed by atoms with van der Waals surface area (Å²) < 4.78 is 0. The fourth-order valence-corrected chi connectivity index (χ4v) is 1.47. The number of rotatable bonds is 2. The topological polar surface area (TPSA) is 77.3 Å². The van der Waals surface area contributed by atoms with E-state index < -0.39 is 0 Å². The first kappa shape index (κ1) is 12.7. The van der Waals surface area contributed by atoms with Gasteiger partial charge in [0, 0.05) is 11.6 Å². The van der Waals surface area contributed by atoms with Crippen molar-refractivity contribution in [1.29, 1.82) is 0 Å². The summed E-state index contributed by atoms with van der Waals surface area (Å²) in [5.74, 6) is 0.107. The Morgan fingerprint density at radius 2 is 1.94 bits per heavy atom. The van der Waals surface area contributed by atoms with Crippen LogP contribution in [-0.4, -0.2) is 10.9 Å². The second-order valence-corrected chi connectivity index (χ2v) is 3.23. The van der Waals surface area contributed by atoms with Crippen molar-refractivity contribution in [2.75, 3.05) is 0 Å². The molecule has 0 fully saturated rings. The van der Waals surface area contributed by atoms with Gasteiger partial charge < -0.3 is 11.5 Å². The Kier molecular flexibility index (Phi) is 4.48. The predicted octanol–water partition coefficient (Wildman–Crippen LogP) is 1.63. The van der Waals surface area contributed by atoms with Gasteiger partial charge in [0.1, 0.15) is 0 Å². The predicted molar refractivity (Wildman–Crippen MR) is 76.7 cm³/mol. The lowest BCUT2D eigenvalue weighted by molar-refractivity contribution is 1.06. The summed E-state index contributed by atoms with van der Waals surface area (Å²) in [6, 6.07) is 9.84. The standard InChI is InChI=1S/C11H12N4.HI/c12-11(13)15-7-8-5-6-14-10-4-2-1-3-9(8)10;/h1-6H,7H2,(H4,12,13,15);1H. The van der Waals surface area contributed by atoms with Crippen LogP contribution in [0.1, 0.15) is 5.56 Å². The first-order valence-electron chi connectivity index (χ1n) is 4.65. The maximum absolute atomic E-state index is 5.30. The molecule has 4 nitrogen and oxygen atoms in total. The fraction of sp³-hybridized carbons (Fsp3) is 0.0909. The molecule has 2 aromatic rings. The molecule has 84 valence electrons. The zero-order valence-corrected chi connectivity index (χ0v) is 11.0. The number of fused-ring (bicyclic) bond motifs is 1. The van der Waals surface area contributed by atoms with Crippen molar-refractivity contribution in [3.05, 3.63) is 42.1 Å². The number of nitrogens with two attached hydrogens (primary N) is 2. The highest BCUT2D eigenvalue weighted by Crippen LogP contribution is 2.16. The Labute approximate surface area is 111 Å². The van der Waals surface area contributed by atoms with E-state index in [4.69, 9.17) is 11.5 Å². The van der Waals surface area contributed by atoms with Crippen LogP contribution in [0.25, 0.3) is 10.9 Å². The number of guanidine groups is 1. The minimum absolute atomic E-state index is 0. The molecule has 0 unspecified atom stereocenters. The molecule has 0 aliphatic carbocycles. The lowest BCUT2D eigenvalue weighted by Crippen LogP contribution is -2.22. The number of nitrogens with zero attached hydrogens (tertiary/aromatic N) is 2. The molecule has 0 bridgehead atoms. The molecule has 16 heavy (non-hydrogen) atoms. The minimum Gasteiger partial charge on any atom is -0.370 e. The Morgan fingerprint density at radius 3 is 2.69 bits per heavy atom. The highest BCUT2D eigenvalue weighted by Gasteiger charge is 1.99. The summed E-state index contributed by atoms with van der Waals surface area (Å²) in [6.45, 7) is 0.491. The maximum atomic E-state index is 5.30. The monoisotopic (exact) mass is 328 g/mol. The van der Waals surface area contributed by atoms with Crippen LogP contribution < -0.4 is 11.5 Å². The maximum Gasteiger partial charge on any atom is 0.186 e. The van der Waals surface area contributed by atoms with Gasteiger partial charge in [-0.15, -0.1) is 24.0 Å². The van der Waals surface area contributed by atoms with Gasteiger partial charge in [0.15, 0.2) is 5.96 Å². The van der Waals surface area contributed by atoms with Crippen LogP contribution in [0.2, 0.25) is 0 Å². The molecule has 4 N–H and O–H groups in total. The zero-order chi connectivity index (χ0) is 10.7. The highest BCUT2D eigenvalue weighted by molar-refractivity contribution is 14.0. The van der Waals surface area contributed by atoms with E-state index >= 15 is 0 Å². The number of hydrogen-bond acceptors (Lipinski definition) is 2. The molecule has 0 aliphatic heterocycles. The number of hydrogen-bond donors (Lipinski definition) is 2. The van der Waals surface area contributed by atoms with E-state index in [1.807, 2.05) is 30.3 Å². The first-order valence-corrected chi connectivity index (χ1v) is 4.65. The van der Waals surface area contributed by atoms with E-state index in [0.29, 0.717) is 6.54 Å². The van der Waals surface area contributed by atoms with Crippen LogP contribution in [0.15, 0.2) is 41.5 Å². The summed E-state index contributed by atoms with van der Waals surface area (Å²) in [5, 5.41) is 1.09. The van der Waals surface area contributed by atoms with Gasteiger partial charge in [-0.3, -0.25) is 4.98 Å². The first-order chi connectivity index (χ1) is 7.27. The van der Waals surface area contributed by atoms with E-state index in [1.54, 1.807) is 6.20 Å². The molecule has 0 saturated carbocycles. The number of aliphatic imine (C=N–C) groups is 1. The van der Waals surface area contributed by atoms with Gasteiger partial charge in [-0.05, 0) is 17.7 Å². The molecular weight excluding hydrogens is 315 g/mol. The van der Waals surface area contributed by atoms with Crippen LogP contribution in [-0.2, 0) is 6.54 Å². The van der Waals surface area contributed by atoms with Gasteiger partial charge in [0.25, 0.3) is 0 Å². The molecule has 1 aromatic heterocycles. The fourth-order valence-electron chi connectivity index (χ4n) is 1.47. The summed E-state index contributed by atoms with van der Waals surface area (Å²) in [7, 11) is 0. The highest BCUT2D eigenvalue weighted by atomic mass is 127. The summed E-state index contributed by atoms with van der Waals surface area (Å²) in [5.41, 5.74) is 12.6. The Morgan fingerprint density at radius 1 is 1.19 bits per heavy atom. The van der Waals surface area contributed by atoms with E-state index in [2.05, 4.69) is 9.98 Å². The van der Waals surface area contributed by atoms with Gasteiger partial charge in [-0.1, -0.05) is 18.2 Å². The van der Waals surface area contributed by atoms with E-state index in [-0.39, 0.29) is 29.9 Å². The molecule has 0 aliphatic rings. The molecule has 1 aromatic carbocycles. The van der Waals surface area contributed by atoms with E-state index in [9.17, 15) is 0 Å². The molecule has 1 heterocycles. The third-order valence-corrected chi connectivity index (χ3v) is 2.17. The number of aromatic nitrogens is 1. The molecule has 0 spiro atoms. The van der Waals surface area contributed by atoms with E-state index in [1.165, 1.54) is 0 Å². The third-order valence-electron chi connectivity index (χ3n) is 2.17. The second kappa shape index (κ2) is 5.64. The summed E-state index contributed by atoms with van der Waals surface area (Å²) in [6.07, 6.45) is 1.76. The van der Waals surface area contributed by atoms with Gasteiger partial charge in [0.2, 0.25) is 0 Å². The largest absolute Gasteiger partial charge is 0.370 e. The molecular formula is C11H13IN4. The van der Waals surface area contributed by atoms with Crippen molar-refractivity contribution in [3.63, 3.8) is 0 Å². The molecule has 0 radical (unpaired) electrons. The van der Waals surface area contributed by atoms with Crippen LogP contribution >= 0.6 is 24.0 Å². The average Bonchev–Trinajstić information content (AvgIpc) is 2.26. The lowest BCUT2D eigenvalue weighted by Gasteiger charge is -2.02. The van der Waals surface area contributed by atoms with Crippen molar-refractivity contribution < 1.29 is 0 Å². The molecule has 0 atom stereocenters. The molecule has 5 heteroatoms. The van der Waals surface area contributed by atoms with Crippen LogP contribution in [0, 0.1) is 0 Å². The second-order valence-electron chi connectivity index (χ2n) is 3.23. The van der Waals surface area contributed by atoms with Crippen molar-refractivity contribution >= 4 is 40.8 Å². The zero-order valence-electron chi connectivity index (χ0n) is 8.63. The van der Waals surface area contributed by atoms with Crippen LogP contribution in [0.3, 0.4) is 0 Å². The molecule has 2 rings (SSSR count). The van der Waals surface area contributed by atoms with Gasteiger partial charge in [-0.25, -0.2) is 4.99 Å². The number of para-hydroxylation sites is 1. The van der Waals surface area contributed by atoms with E-state index in [0.717, 1.165) is 16.5 Å². The number of halogens is 1. The Hall–Kier alpha value is -1.37. The van der Waals surface area contributed by atoms with Crippen molar-refractivity contribution in [2.24, 2.45) is 16.5 Å². The SMILES string of the molecule is I.NC(N)=NCc1ccnc2ccccc12. The van der Waals surface area contributed by atoms with Gasteiger partial charge in [0.05, 0.1) is 12.1 Å². The van der Waals surface area contributed by atoms with Gasteiger partial charge >= 0.3 is 0 Å². The molecule has 0 amide bonds. The minimum atomic E-state index is 0. The van der Waals surface area contributed by atoms with Gasteiger partial charge in [-0.2, -0.15) is 0 Å². The van der Waals surface area contributed by atoms with Crippen molar-refractivity contribution in [3.8, 4) is 0 Å². The normalized spacial score (nSPS) is 9.50. The van der Waals surface area contributed by atoms with Crippen molar-refractivity contribution in [1.82, 2.24) is 4.98 Å². The Bertz CT molecular complexity index is 501. The third kappa shape index (κ3) is 2.82.